The highest BCUT2D eigenvalue weighted by Gasteiger charge is 2.17. The van der Waals surface area contributed by atoms with Gasteiger partial charge in [-0.2, -0.15) is 0 Å². The van der Waals surface area contributed by atoms with E-state index in [2.05, 4.69) is 20.9 Å². The Labute approximate surface area is 113 Å². The Bertz CT molecular complexity index is 592. The van der Waals surface area contributed by atoms with Crippen LogP contribution < -0.4 is 0 Å². The maximum atomic E-state index is 11.4. The van der Waals surface area contributed by atoms with Crippen LogP contribution in [-0.2, 0) is 0 Å². The minimum Gasteiger partial charge on any atom is -0.294 e. The first kappa shape index (κ1) is 12.3. The van der Waals surface area contributed by atoms with Crippen LogP contribution in [0.15, 0.2) is 29.1 Å². The van der Waals surface area contributed by atoms with Crippen LogP contribution in [0.5, 0.6) is 0 Å². The van der Waals surface area contributed by atoms with Crippen LogP contribution in [0, 0.1) is 13.8 Å². The number of imidazole rings is 1. The molecule has 88 valence electrons. The number of hydrogen-bond acceptors (Lipinski definition) is 2. The number of nitrogens with zero attached hydrogens (tertiary/aromatic N) is 2. The second-order valence-electron chi connectivity index (χ2n) is 3.82. The lowest BCUT2D eigenvalue weighted by atomic mass is 10.1. The van der Waals surface area contributed by atoms with Crippen LogP contribution in [0.3, 0.4) is 0 Å². The van der Waals surface area contributed by atoms with Crippen LogP contribution in [0.4, 0.5) is 0 Å². The van der Waals surface area contributed by atoms with E-state index in [1.807, 2.05) is 32.0 Å². The highest BCUT2D eigenvalue weighted by atomic mass is 79.9. The molecule has 0 unspecified atom stereocenters. The van der Waals surface area contributed by atoms with Crippen LogP contribution in [0.1, 0.15) is 21.6 Å². The van der Waals surface area contributed by atoms with Gasteiger partial charge in [0.05, 0.1) is 5.69 Å². The highest BCUT2D eigenvalue weighted by Crippen LogP contribution is 2.23. The van der Waals surface area contributed by atoms with Gasteiger partial charge in [0.25, 0.3) is 5.24 Å². The van der Waals surface area contributed by atoms with Gasteiger partial charge in [0.15, 0.2) is 0 Å². The van der Waals surface area contributed by atoms with Gasteiger partial charge in [-0.3, -0.25) is 9.36 Å². The van der Waals surface area contributed by atoms with Crippen molar-refractivity contribution in [2.24, 2.45) is 0 Å². The van der Waals surface area contributed by atoms with Gasteiger partial charge in [-0.1, -0.05) is 17.7 Å². The standard InChI is InChI=1S/C12H10BrClN2O/c1-7-3-4-9(8(2)5-7)16-6-15-11(13)10(16)12(14)17/h3-6H,1-2H3. The normalized spacial score (nSPS) is 10.6. The number of aryl methyl sites for hydroxylation is 2. The quantitative estimate of drug-likeness (QED) is 0.794. The molecule has 1 heterocycles. The lowest BCUT2D eigenvalue weighted by Crippen LogP contribution is -2.04. The summed E-state index contributed by atoms with van der Waals surface area (Å²) in [6.07, 6.45) is 1.58. The first-order valence-electron chi connectivity index (χ1n) is 5.01. The van der Waals surface area contributed by atoms with Crippen LogP contribution in [-0.4, -0.2) is 14.8 Å². The van der Waals surface area contributed by atoms with E-state index in [1.54, 1.807) is 10.9 Å². The van der Waals surface area contributed by atoms with Crippen molar-refractivity contribution in [3.63, 3.8) is 0 Å². The average Bonchev–Trinajstić information content (AvgIpc) is 2.60. The maximum absolute atomic E-state index is 11.4. The lowest BCUT2D eigenvalue weighted by molar-refractivity contribution is 0.107. The topological polar surface area (TPSA) is 34.9 Å². The molecule has 0 aliphatic carbocycles. The summed E-state index contributed by atoms with van der Waals surface area (Å²) in [6.45, 7) is 4.01. The molecule has 17 heavy (non-hydrogen) atoms. The average molecular weight is 314 g/mol. The van der Waals surface area contributed by atoms with E-state index in [0.29, 0.717) is 10.3 Å². The second kappa shape index (κ2) is 4.63. The molecule has 3 nitrogen and oxygen atoms in total. The van der Waals surface area contributed by atoms with E-state index in [4.69, 9.17) is 11.6 Å². The van der Waals surface area contributed by atoms with Crippen molar-refractivity contribution in [1.29, 1.82) is 0 Å². The number of hydrogen-bond donors (Lipinski definition) is 0. The van der Waals surface area contributed by atoms with Crippen molar-refractivity contribution in [2.75, 3.05) is 0 Å². The Hall–Kier alpha value is -1.13. The minimum atomic E-state index is -0.533. The summed E-state index contributed by atoms with van der Waals surface area (Å²) in [6, 6.07) is 5.98. The third-order valence-corrected chi connectivity index (χ3v) is 3.28. The molecular weight excluding hydrogens is 304 g/mol. The van der Waals surface area contributed by atoms with Gasteiger partial charge in [-0.15, -0.1) is 0 Å². The zero-order valence-electron chi connectivity index (χ0n) is 9.37. The number of carbonyl (C=O) groups is 1. The number of rotatable bonds is 2. The molecule has 2 aromatic rings. The maximum Gasteiger partial charge on any atom is 0.272 e. The van der Waals surface area contributed by atoms with E-state index < -0.39 is 5.24 Å². The van der Waals surface area contributed by atoms with E-state index in [1.165, 1.54) is 5.56 Å². The zero-order valence-corrected chi connectivity index (χ0v) is 11.7. The number of halogens is 2. The number of carbonyl (C=O) groups excluding carboxylic acids is 1. The van der Waals surface area contributed by atoms with Crippen molar-refractivity contribution in [1.82, 2.24) is 9.55 Å². The van der Waals surface area contributed by atoms with Crippen LogP contribution in [0.25, 0.3) is 5.69 Å². The Morgan fingerprint density at radius 3 is 2.71 bits per heavy atom. The van der Waals surface area contributed by atoms with Crippen LogP contribution in [0.2, 0.25) is 0 Å². The SMILES string of the molecule is Cc1ccc(-n2cnc(Br)c2C(=O)Cl)c(C)c1. The van der Waals surface area contributed by atoms with Gasteiger partial charge in [0.2, 0.25) is 0 Å². The molecule has 0 saturated heterocycles. The summed E-state index contributed by atoms with van der Waals surface area (Å²) in [5.74, 6) is 0. The number of aromatic nitrogens is 2. The molecule has 0 aliphatic rings. The monoisotopic (exact) mass is 312 g/mol. The van der Waals surface area contributed by atoms with Crippen molar-refractivity contribution in [2.45, 2.75) is 13.8 Å². The van der Waals surface area contributed by atoms with E-state index >= 15 is 0 Å². The minimum absolute atomic E-state index is 0.346. The van der Waals surface area contributed by atoms with Crippen molar-refractivity contribution in [3.8, 4) is 5.69 Å². The third-order valence-electron chi connectivity index (χ3n) is 2.52. The third kappa shape index (κ3) is 2.28. The fraction of sp³-hybridized carbons (Fsp3) is 0.167. The fourth-order valence-electron chi connectivity index (χ4n) is 1.76. The first-order valence-corrected chi connectivity index (χ1v) is 6.18. The molecular formula is C12H10BrClN2O. The summed E-state index contributed by atoms with van der Waals surface area (Å²) in [5, 5.41) is -0.533. The smallest absolute Gasteiger partial charge is 0.272 e. The largest absolute Gasteiger partial charge is 0.294 e. The molecule has 0 N–H and O–H groups in total. The van der Waals surface area contributed by atoms with Crippen molar-refractivity contribution >= 4 is 32.8 Å². The molecule has 2 rings (SSSR count). The fourth-order valence-corrected chi connectivity index (χ4v) is 2.52. The highest BCUT2D eigenvalue weighted by molar-refractivity contribution is 9.10. The van der Waals surface area contributed by atoms with Crippen molar-refractivity contribution in [3.05, 3.63) is 46.0 Å². The summed E-state index contributed by atoms with van der Waals surface area (Å²) in [5.41, 5.74) is 3.48. The first-order chi connectivity index (χ1) is 8.00. The van der Waals surface area contributed by atoms with Gasteiger partial charge in [-0.05, 0) is 53.0 Å². The molecule has 0 amide bonds. The molecule has 0 bridgehead atoms. The van der Waals surface area contributed by atoms with Gasteiger partial charge in [0.1, 0.15) is 16.6 Å². The molecule has 0 atom stereocenters. The predicted molar refractivity (Wildman–Crippen MR) is 70.9 cm³/mol. The van der Waals surface area contributed by atoms with E-state index in [9.17, 15) is 4.79 Å². The van der Waals surface area contributed by atoms with Crippen molar-refractivity contribution < 1.29 is 4.79 Å². The molecule has 0 aliphatic heterocycles. The summed E-state index contributed by atoms with van der Waals surface area (Å²) >= 11 is 8.78. The molecule has 0 fully saturated rings. The Morgan fingerprint density at radius 2 is 2.12 bits per heavy atom. The van der Waals surface area contributed by atoms with Gasteiger partial charge in [0, 0.05) is 0 Å². The second-order valence-corrected chi connectivity index (χ2v) is 4.91. The summed E-state index contributed by atoms with van der Waals surface area (Å²) < 4.78 is 2.14. The van der Waals surface area contributed by atoms with E-state index in [-0.39, 0.29) is 0 Å². The molecule has 0 radical (unpaired) electrons. The van der Waals surface area contributed by atoms with Gasteiger partial charge >= 0.3 is 0 Å². The Morgan fingerprint density at radius 1 is 1.41 bits per heavy atom. The lowest BCUT2D eigenvalue weighted by Gasteiger charge is -2.09. The molecule has 0 saturated carbocycles. The Balaban J connectivity index is 2.65. The molecule has 5 heteroatoms. The molecule has 0 spiro atoms. The van der Waals surface area contributed by atoms with Gasteiger partial charge in [-0.25, -0.2) is 4.98 Å². The summed E-state index contributed by atoms with van der Waals surface area (Å²) in [7, 11) is 0. The summed E-state index contributed by atoms with van der Waals surface area (Å²) in [4.78, 5) is 15.4. The predicted octanol–water partition coefficient (Wildman–Crippen LogP) is 3.63. The molecule has 1 aromatic carbocycles. The van der Waals surface area contributed by atoms with Crippen LogP contribution >= 0.6 is 27.5 Å². The zero-order chi connectivity index (χ0) is 12.6. The van der Waals surface area contributed by atoms with Gasteiger partial charge < -0.3 is 0 Å². The number of benzene rings is 1. The van der Waals surface area contributed by atoms with E-state index in [0.717, 1.165) is 11.3 Å². The molecule has 1 aromatic heterocycles. The Kier molecular flexibility index (Phi) is 3.35.